The van der Waals surface area contributed by atoms with Crippen molar-refractivity contribution in [2.24, 2.45) is 5.92 Å². The fraction of sp³-hybridized carbons (Fsp3) is 0.688. The quantitative estimate of drug-likeness (QED) is 0.789. The van der Waals surface area contributed by atoms with Crippen LogP contribution in [-0.2, 0) is 4.74 Å². The van der Waals surface area contributed by atoms with E-state index in [1.807, 2.05) is 6.07 Å². The van der Waals surface area contributed by atoms with Gasteiger partial charge in [-0.25, -0.2) is 4.79 Å². The number of esters is 1. The molecule has 1 aromatic rings. The topological polar surface area (TPSA) is 42.7 Å². The van der Waals surface area contributed by atoms with Crippen LogP contribution >= 0.6 is 0 Å². The Balaban J connectivity index is 2.01. The van der Waals surface area contributed by atoms with Crippen LogP contribution in [0.5, 0.6) is 0 Å². The van der Waals surface area contributed by atoms with Crippen molar-refractivity contribution in [3.63, 3.8) is 0 Å². The Kier molecular flexibility index (Phi) is 4.86. The van der Waals surface area contributed by atoms with E-state index < -0.39 is 5.97 Å². The van der Waals surface area contributed by atoms with Crippen LogP contribution in [0.1, 0.15) is 61.9 Å². The summed E-state index contributed by atoms with van der Waals surface area (Å²) in [5, 5.41) is 0. The molecule has 0 saturated heterocycles. The summed E-state index contributed by atoms with van der Waals surface area (Å²) >= 11 is 0. The van der Waals surface area contributed by atoms with Crippen molar-refractivity contribution >= 4 is 5.97 Å². The van der Waals surface area contributed by atoms with Gasteiger partial charge in [-0.3, -0.25) is 4.90 Å². The predicted octanol–water partition coefficient (Wildman–Crippen LogP) is 3.64. The highest BCUT2D eigenvalue weighted by atomic mass is 16.5. The van der Waals surface area contributed by atoms with E-state index in [2.05, 4.69) is 30.5 Å². The summed E-state index contributed by atoms with van der Waals surface area (Å²) in [5.41, 5.74) is 0. The molecule has 0 bridgehead atoms. The smallest absolute Gasteiger partial charge is 0.373 e. The number of furan rings is 1. The van der Waals surface area contributed by atoms with Crippen molar-refractivity contribution in [1.82, 2.24) is 4.90 Å². The van der Waals surface area contributed by atoms with Crippen molar-refractivity contribution < 1.29 is 13.9 Å². The van der Waals surface area contributed by atoms with Gasteiger partial charge in [0.1, 0.15) is 5.76 Å². The molecule has 1 aliphatic rings. The third-order valence-corrected chi connectivity index (χ3v) is 4.60. The molecule has 0 N–H and O–H groups in total. The van der Waals surface area contributed by atoms with E-state index >= 15 is 0 Å². The Bertz CT molecular complexity index is 446. The standard InChI is InChI=1S/C16H25NO3/c1-11-5-7-13(8-6-11)17(3)12(2)14-9-10-15(20-14)16(18)19-4/h9-13H,5-8H2,1-4H3. The maximum atomic E-state index is 11.4. The minimum Gasteiger partial charge on any atom is -0.463 e. The highest BCUT2D eigenvalue weighted by molar-refractivity contribution is 5.86. The molecule has 0 aromatic carbocycles. The largest absolute Gasteiger partial charge is 0.463 e. The Morgan fingerprint density at radius 3 is 2.60 bits per heavy atom. The molecule has 0 radical (unpaired) electrons. The zero-order valence-corrected chi connectivity index (χ0v) is 12.9. The number of carbonyl (C=O) groups excluding carboxylic acids is 1. The van der Waals surface area contributed by atoms with Crippen LogP contribution in [0.15, 0.2) is 16.5 Å². The highest BCUT2D eigenvalue weighted by Crippen LogP contribution is 2.31. The molecule has 112 valence electrons. The summed E-state index contributed by atoms with van der Waals surface area (Å²) in [6.45, 7) is 4.45. The Labute approximate surface area is 121 Å². The third-order valence-electron chi connectivity index (χ3n) is 4.60. The molecular weight excluding hydrogens is 254 g/mol. The molecule has 1 atom stereocenters. The van der Waals surface area contributed by atoms with E-state index in [9.17, 15) is 4.79 Å². The number of nitrogens with zero attached hydrogens (tertiary/aromatic N) is 1. The van der Waals surface area contributed by atoms with Crippen LogP contribution < -0.4 is 0 Å². The van der Waals surface area contributed by atoms with E-state index in [4.69, 9.17) is 4.42 Å². The fourth-order valence-corrected chi connectivity index (χ4v) is 2.95. The normalized spacial score (nSPS) is 24.6. The van der Waals surface area contributed by atoms with E-state index in [0.29, 0.717) is 6.04 Å². The molecular formula is C16H25NO3. The van der Waals surface area contributed by atoms with Gasteiger partial charge >= 0.3 is 5.97 Å². The SMILES string of the molecule is COC(=O)c1ccc(C(C)N(C)C2CCC(C)CC2)o1. The van der Waals surface area contributed by atoms with Gasteiger partial charge in [0, 0.05) is 6.04 Å². The zero-order valence-electron chi connectivity index (χ0n) is 12.9. The molecule has 0 spiro atoms. The molecule has 1 saturated carbocycles. The Morgan fingerprint density at radius 1 is 1.35 bits per heavy atom. The summed E-state index contributed by atoms with van der Waals surface area (Å²) in [6.07, 6.45) is 5.08. The average Bonchev–Trinajstić information content (AvgIpc) is 2.95. The van der Waals surface area contributed by atoms with Crippen LogP contribution in [0.2, 0.25) is 0 Å². The minimum absolute atomic E-state index is 0.173. The van der Waals surface area contributed by atoms with Crippen molar-refractivity contribution in [1.29, 1.82) is 0 Å². The van der Waals surface area contributed by atoms with E-state index in [0.717, 1.165) is 11.7 Å². The number of rotatable bonds is 4. The van der Waals surface area contributed by atoms with Crippen LogP contribution in [0.3, 0.4) is 0 Å². The summed E-state index contributed by atoms with van der Waals surface area (Å²) in [6, 6.07) is 4.34. The first kappa shape index (κ1) is 15.1. The van der Waals surface area contributed by atoms with Crippen molar-refractivity contribution in [2.75, 3.05) is 14.2 Å². The maximum absolute atomic E-state index is 11.4. The molecule has 0 aliphatic heterocycles. The van der Waals surface area contributed by atoms with Crippen LogP contribution in [0.4, 0.5) is 0 Å². The molecule has 0 amide bonds. The van der Waals surface area contributed by atoms with Gasteiger partial charge in [-0.05, 0) is 57.7 Å². The monoisotopic (exact) mass is 279 g/mol. The average molecular weight is 279 g/mol. The molecule has 1 aliphatic carbocycles. The first-order valence-electron chi connectivity index (χ1n) is 7.43. The summed E-state index contributed by atoms with van der Waals surface area (Å²) in [7, 11) is 3.51. The number of carbonyl (C=O) groups is 1. The van der Waals surface area contributed by atoms with Gasteiger partial charge in [-0.15, -0.1) is 0 Å². The van der Waals surface area contributed by atoms with E-state index in [1.54, 1.807) is 6.07 Å². The molecule has 1 aromatic heterocycles. The van der Waals surface area contributed by atoms with Crippen LogP contribution in [-0.4, -0.2) is 31.1 Å². The van der Waals surface area contributed by atoms with Gasteiger partial charge in [0.05, 0.1) is 13.2 Å². The minimum atomic E-state index is -0.419. The summed E-state index contributed by atoms with van der Waals surface area (Å²) < 4.78 is 10.3. The van der Waals surface area contributed by atoms with Crippen molar-refractivity contribution in [2.45, 2.75) is 51.6 Å². The van der Waals surface area contributed by atoms with Crippen LogP contribution in [0, 0.1) is 5.92 Å². The lowest BCUT2D eigenvalue weighted by Gasteiger charge is -2.36. The van der Waals surface area contributed by atoms with Gasteiger partial charge in [-0.2, -0.15) is 0 Å². The van der Waals surface area contributed by atoms with Gasteiger partial charge in [-0.1, -0.05) is 6.92 Å². The molecule has 1 fully saturated rings. The number of methoxy groups -OCH3 is 1. The van der Waals surface area contributed by atoms with Gasteiger partial charge < -0.3 is 9.15 Å². The fourth-order valence-electron chi connectivity index (χ4n) is 2.95. The lowest BCUT2D eigenvalue weighted by Crippen LogP contribution is -2.36. The molecule has 1 heterocycles. The second-order valence-electron chi connectivity index (χ2n) is 5.95. The Morgan fingerprint density at radius 2 is 2.00 bits per heavy atom. The number of ether oxygens (including phenoxy) is 1. The number of hydrogen-bond acceptors (Lipinski definition) is 4. The second-order valence-corrected chi connectivity index (χ2v) is 5.95. The lowest BCUT2D eigenvalue weighted by molar-refractivity contribution is 0.0555. The number of hydrogen-bond donors (Lipinski definition) is 0. The maximum Gasteiger partial charge on any atom is 0.373 e. The van der Waals surface area contributed by atoms with Crippen molar-refractivity contribution in [3.8, 4) is 0 Å². The Hall–Kier alpha value is -1.29. The van der Waals surface area contributed by atoms with Gasteiger partial charge in [0.25, 0.3) is 0 Å². The van der Waals surface area contributed by atoms with Crippen LogP contribution in [0.25, 0.3) is 0 Å². The molecule has 20 heavy (non-hydrogen) atoms. The second kappa shape index (κ2) is 6.44. The predicted molar refractivity (Wildman–Crippen MR) is 77.6 cm³/mol. The van der Waals surface area contributed by atoms with Gasteiger partial charge in [0.2, 0.25) is 5.76 Å². The molecule has 2 rings (SSSR count). The zero-order chi connectivity index (χ0) is 14.7. The molecule has 1 unspecified atom stereocenters. The van der Waals surface area contributed by atoms with Gasteiger partial charge in [0.15, 0.2) is 0 Å². The first-order valence-corrected chi connectivity index (χ1v) is 7.43. The first-order chi connectivity index (χ1) is 9.52. The van der Waals surface area contributed by atoms with E-state index in [-0.39, 0.29) is 11.8 Å². The molecule has 4 nitrogen and oxygen atoms in total. The van der Waals surface area contributed by atoms with Crippen molar-refractivity contribution in [3.05, 3.63) is 23.7 Å². The lowest BCUT2D eigenvalue weighted by atomic mass is 9.86. The summed E-state index contributed by atoms with van der Waals surface area (Å²) in [4.78, 5) is 13.8. The molecule has 4 heteroatoms. The highest BCUT2D eigenvalue weighted by Gasteiger charge is 2.27. The summed E-state index contributed by atoms with van der Waals surface area (Å²) in [5.74, 6) is 1.54. The van der Waals surface area contributed by atoms with E-state index in [1.165, 1.54) is 32.8 Å². The third kappa shape index (κ3) is 3.23.